The Hall–Kier alpha value is -3.14. The van der Waals surface area contributed by atoms with Crippen LogP contribution >= 0.6 is 0 Å². The maximum atomic E-state index is 12.2. The number of rotatable bonds is 2. The molecular formula is C18H13NO3. The second kappa shape index (κ2) is 5.69. The Bertz CT molecular complexity index is 848. The van der Waals surface area contributed by atoms with Gasteiger partial charge < -0.3 is 10.5 Å². The number of fused-ring (bicyclic) bond motifs is 1. The van der Waals surface area contributed by atoms with Crippen LogP contribution in [0.3, 0.4) is 0 Å². The van der Waals surface area contributed by atoms with Crippen molar-refractivity contribution in [2.24, 2.45) is 0 Å². The van der Waals surface area contributed by atoms with Gasteiger partial charge in [-0.25, -0.2) is 9.59 Å². The Balaban J connectivity index is 1.87. The summed E-state index contributed by atoms with van der Waals surface area (Å²) in [5, 5.41) is 1.66. The van der Waals surface area contributed by atoms with Gasteiger partial charge in [0.15, 0.2) is 0 Å². The molecule has 0 aromatic heterocycles. The summed E-state index contributed by atoms with van der Waals surface area (Å²) in [7, 11) is 0. The highest BCUT2D eigenvalue weighted by atomic mass is 16.6. The van der Waals surface area contributed by atoms with Crippen molar-refractivity contribution in [1.82, 2.24) is 0 Å². The van der Waals surface area contributed by atoms with Crippen LogP contribution in [0.1, 0.15) is 20.7 Å². The summed E-state index contributed by atoms with van der Waals surface area (Å²) in [6.45, 7) is 0. The van der Waals surface area contributed by atoms with Gasteiger partial charge in [-0.3, -0.25) is 0 Å². The lowest BCUT2D eigenvalue weighted by molar-refractivity contribution is 0.0399. The summed E-state index contributed by atoms with van der Waals surface area (Å²) < 4.78 is 4.95. The fourth-order valence-corrected chi connectivity index (χ4v) is 2.22. The molecule has 0 fully saturated rings. The maximum absolute atomic E-state index is 12.2. The highest BCUT2D eigenvalue weighted by Gasteiger charge is 2.16. The van der Waals surface area contributed by atoms with Crippen LogP contribution < -0.4 is 5.73 Å². The molecule has 22 heavy (non-hydrogen) atoms. The van der Waals surface area contributed by atoms with Crippen molar-refractivity contribution in [3.8, 4) is 0 Å². The van der Waals surface area contributed by atoms with E-state index < -0.39 is 11.9 Å². The normalized spacial score (nSPS) is 10.4. The molecule has 0 saturated heterocycles. The first kappa shape index (κ1) is 13.8. The van der Waals surface area contributed by atoms with E-state index in [4.69, 9.17) is 10.5 Å². The van der Waals surface area contributed by atoms with Gasteiger partial charge >= 0.3 is 11.9 Å². The Morgan fingerprint density at radius 3 is 2.23 bits per heavy atom. The van der Waals surface area contributed by atoms with Gasteiger partial charge in [-0.2, -0.15) is 0 Å². The number of esters is 2. The minimum atomic E-state index is -0.696. The van der Waals surface area contributed by atoms with E-state index in [1.807, 2.05) is 30.3 Å². The SMILES string of the molecule is Nc1ccc(C(=O)OC(=O)c2cccc3ccccc23)cc1. The van der Waals surface area contributed by atoms with E-state index in [2.05, 4.69) is 0 Å². The summed E-state index contributed by atoms with van der Waals surface area (Å²) in [4.78, 5) is 24.2. The molecule has 0 saturated carbocycles. The first-order valence-electron chi connectivity index (χ1n) is 6.75. The minimum absolute atomic E-state index is 0.280. The molecule has 4 nitrogen and oxygen atoms in total. The number of hydrogen-bond acceptors (Lipinski definition) is 4. The Labute approximate surface area is 127 Å². The minimum Gasteiger partial charge on any atom is -0.399 e. The monoisotopic (exact) mass is 291 g/mol. The molecular weight excluding hydrogens is 278 g/mol. The second-order valence-electron chi connectivity index (χ2n) is 4.83. The predicted octanol–water partition coefficient (Wildman–Crippen LogP) is 3.42. The van der Waals surface area contributed by atoms with Crippen molar-refractivity contribution in [2.75, 3.05) is 5.73 Å². The van der Waals surface area contributed by atoms with Gasteiger partial charge in [0, 0.05) is 5.69 Å². The molecule has 108 valence electrons. The van der Waals surface area contributed by atoms with Crippen molar-refractivity contribution in [1.29, 1.82) is 0 Å². The molecule has 3 aromatic rings. The standard InChI is InChI=1S/C18H13NO3/c19-14-10-8-13(9-11-14)17(20)22-18(21)16-7-3-5-12-4-1-2-6-15(12)16/h1-11H,19H2. The van der Waals surface area contributed by atoms with E-state index in [0.717, 1.165) is 10.8 Å². The highest BCUT2D eigenvalue weighted by Crippen LogP contribution is 2.19. The van der Waals surface area contributed by atoms with E-state index in [-0.39, 0.29) is 5.56 Å². The van der Waals surface area contributed by atoms with E-state index in [1.165, 1.54) is 12.1 Å². The molecule has 0 aliphatic heterocycles. The summed E-state index contributed by atoms with van der Waals surface area (Å²) in [5.41, 5.74) is 6.74. The van der Waals surface area contributed by atoms with E-state index in [1.54, 1.807) is 24.3 Å². The number of benzene rings is 3. The second-order valence-corrected chi connectivity index (χ2v) is 4.83. The van der Waals surface area contributed by atoms with E-state index in [9.17, 15) is 9.59 Å². The molecule has 0 radical (unpaired) electrons. The smallest absolute Gasteiger partial charge is 0.346 e. The summed E-state index contributed by atoms with van der Waals surface area (Å²) in [6, 6.07) is 18.9. The van der Waals surface area contributed by atoms with E-state index in [0.29, 0.717) is 11.3 Å². The zero-order chi connectivity index (χ0) is 15.5. The molecule has 3 rings (SSSR count). The van der Waals surface area contributed by atoms with Crippen LogP contribution in [0.15, 0.2) is 66.7 Å². The number of nitrogens with two attached hydrogens (primary N) is 1. The lowest BCUT2D eigenvalue weighted by Crippen LogP contribution is -2.13. The van der Waals surface area contributed by atoms with Crippen molar-refractivity contribution >= 4 is 28.4 Å². The first-order valence-corrected chi connectivity index (χ1v) is 6.75. The van der Waals surface area contributed by atoms with Crippen molar-refractivity contribution in [3.05, 3.63) is 77.9 Å². The molecule has 2 N–H and O–H groups in total. The van der Waals surface area contributed by atoms with Gasteiger partial charge in [-0.05, 0) is 41.1 Å². The van der Waals surface area contributed by atoms with Crippen LogP contribution in [0.25, 0.3) is 10.8 Å². The van der Waals surface area contributed by atoms with Gasteiger partial charge in [-0.1, -0.05) is 36.4 Å². The zero-order valence-electron chi connectivity index (χ0n) is 11.7. The third kappa shape index (κ3) is 2.67. The number of ether oxygens (including phenoxy) is 1. The van der Waals surface area contributed by atoms with Gasteiger partial charge in [-0.15, -0.1) is 0 Å². The topological polar surface area (TPSA) is 69.4 Å². The molecule has 3 aromatic carbocycles. The van der Waals surface area contributed by atoms with Crippen LogP contribution in [0.4, 0.5) is 5.69 Å². The molecule has 0 amide bonds. The van der Waals surface area contributed by atoms with Gasteiger partial charge in [0.2, 0.25) is 0 Å². The van der Waals surface area contributed by atoms with Gasteiger partial charge in [0.25, 0.3) is 0 Å². The first-order chi connectivity index (χ1) is 10.6. The fraction of sp³-hybridized carbons (Fsp3) is 0. The van der Waals surface area contributed by atoms with Crippen LogP contribution in [-0.4, -0.2) is 11.9 Å². The summed E-state index contributed by atoms with van der Waals surface area (Å²) in [5.74, 6) is -1.36. The van der Waals surface area contributed by atoms with Gasteiger partial charge in [0.1, 0.15) is 0 Å². The fourth-order valence-electron chi connectivity index (χ4n) is 2.22. The highest BCUT2D eigenvalue weighted by molar-refractivity contribution is 6.09. The Morgan fingerprint density at radius 1 is 0.773 bits per heavy atom. The lowest BCUT2D eigenvalue weighted by Gasteiger charge is -2.06. The van der Waals surface area contributed by atoms with Crippen molar-refractivity contribution < 1.29 is 14.3 Å². The van der Waals surface area contributed by atoms with Crippen LogP contribution in [0.5, 0.6) is 0 Å². The number of hydrogen-bond donors (Lipinski definition) is 1. The van der Waals surface area contributed by atoms with Gasteiger partial charge in [0.05, 0.1) is 11.1 Å². The number of nitrogen functional groups attached to an aromatic ring is 1. The number of anilines is 1. The van der Waals surface area contributed by atoms with Crippen LogP contribution in [-0.2, 0) is 4.74 Å². The maximum Gasteiger partial charge on any atom is 0.346 e. The molecule has 0 aliphatic rings. The summed E-state index contributed by atoms with van der Waals surface area (Å²) in [6.07, 6.45) is 0. The Kier molecular flexibility index (Phi) is 3.58. The predicted molar refractivity (Wildman–Crippen MR) is 84.5 cm³/mol. The lowest BCUT2D eigenvalue weighted by atomic mass is 10.0. The average molecular weight is 291 g/mol. The number of carbonyl (C=O) groups excluding carboxylic acids is 2. The Morgan fingerprint density at radius 2 is 1.45 bits per heavy atom. The molecule has 0 unspecified atom stereocenters. The zero-order valence-corrected chi connectivity index (χ0v) is 11.7. The average Bonchev–Trinajstić information content (AvgIpc) is 2.54. The largest absolute Gasteiger partial charge is 0.399 e. The van der Waals surface area contributed by atoms with Crippen molar-refractivity contribution in [2.45, 2.75) is 0 Å². The quantitative estimate of drug-likeness (QED) is 0.446. The summed E-state index contributed by atoms with van der Waals surface area (Å²) >= 11 is 0. The van der Waals surface area contributed by atoms with Crippen LogP contribution in [0.2, 0.25) is 0 Å². The molecule has 0 aliphatic carbocycles. The van der Waals surface area contributed by atoms with Crippen molar-refractivity contribution in [3.63, 3.8) is 0 Å². The third-order valence-electron chi connectivity index (χ3n) is 3.34. The molecule has 0 bridgehead atoms. The number of carbonyl (C=O) groups is 2. The molecule has 4 heteroatoms. The molecule has 0 heterocycles. The molecule has 0 spiro atoms. The van der Waals surface area contributed by atoms with Crippen LogP contribution in [0, 0.1) is 0 Å². The molecule has 0 atom stereocenters. The van der Waals surface area contributed by atoms with E-state index >= 15 is 0 Å². The third-order valence-corrected chi connectivity index (χ3v) is 3.34.